The normalized spacial score (nSPS) is 12.3. The molecular weight excluding hydrogens is 340 g/mol. The number of carbonyl (C=O) groups is 2. The number of thioether (sulfide) groups is 1. The van der Waals surface area contributed by atoms with Crippen LogP contribution in [0.15, 0.2) is 29.2 Å². The van der Waals surface area contributed by atoms with E-state index >= 15 is 0 Å². The van der Waals surface area contributed by atoms with E-state index in [0.29, 0.717) is 17.7 Å². The zero-order valence-corrected chi connectivity index (χ0v) is 14.8. The maximum atomic E-state index is 12.2. The fourth-order valence-electron chi connectivity index (χ4n) is 1.85. The number of sulfonamides is 1. The monoisotopic (exact) mass is 360 g/mol. The van der Waals surface area contributed by atoms with Crippen molar-refractivity contribution < 1.29 is 22.7 Å². The number of rotatable bonds is 7. The number of hydrogen-bond acceptors (Lipinski definition) is 6. The molecule has 0 aromatic heterocycles. The third-order valence-electron chi connectivity index (χ3n) is 3.01. The lowest BCUT2D eigenvalue weighted by Gasteiger charge is -2.17. The van der Waals surface area contributed by atoms with Crippen LogP contribution in [0.25, 0.3) is 0 Å². The summed E-state index contributed by atoms with van der Waals surface area (Å²) in [6.07, 6.45) is 2.20. The molecular formula is C14H20N2O5S2. The highest BCUT2D eigenvalue weighted by Gasteiger charge is 2.24. The van der Waals surface area contributed by atoms with E-state index in [1.807, 2.05) is 11.0 Å². The molecule has 0 saturated heterocycles. The first-order chi connectivity index (χ1) is 10.8. The fourth-order valence-corrected chi connectivity index (χ4v) is 3.48. The molecule has 2 N–H and O–H groups in total. The highest BCUT2D eigenvalue weighted by molar-refractivity contribution is 7.98. The molecule has 128 valence electrons. The standard InChI is InChI=1S/C14H20N2O5S2/c1-10-6-4-5-7-12(10)23(19,20)16-14(18)15-11(8-9-22-3)13(17)21-2/h4-7,11H,8-9H2,1-3H3,(H2,15,16,18). The lowest BCUT2D eigenvalue weighted by Crippen LogP contribution is -2.48. The lowest BCUT2D eigenvalue weighted by molar-refractivity contribution is -0.142. The van der Waals surface area contributed by atoms with Gasteiger partial charge in [-0.1, -0.05) is 18.2 Å². The van der Waals surface area contributed by atoms with Crippen LogP contribution in [0.5, 0.6) is 0 Å². The average Bonchev–Trinajstić information content (AvgIpc) is 2.50. The summed E-state index contributed by atoms with van der Waals surface area (Å²) in [5.74, 6) is -0.00703. The number of nitrogens with one attached hydrogen (secondary N) is 2. The van der Waals surface area contributed by atoms with Crippen LogP contribution in [0.1, 0.15) is 12.0 Å². The third-order valence-corrected chi connectivity index (χ3v) is 5.15. The molecule has 0 radical (unpaired) electrons. The second kappa shape index (κ2) is 8.78. The molecule has 0 spiro atoms. The third kappa shape index (κ3) is 5.76. The minimum atomic E-state index is -4.01. The van der Waals surface area contributed by atoms with Gasteiger partial charge in [-0.25, -0.2) is 22.7 Å². The number of urea groups is 1. The summed E-state index contributed by atoms with van der Waals surface area (Å²) in [6, 6.07) is 4.42. The number of amides is 2. The van der Waals surface area contributed by atoms with Gasteiger partial charge in [-0.05, 0) is 37.0 Å². The summed E-state index contributed by atoms with van der Waals surface area (Å²) in [7, 11) is -2.80. The van der Waals surface area contributed by atoms with Gasteiger partial charge in [-0.15, -0.1) is 0 Å². The number of carbonyl (C=O) groups excluding carboxylic acids is 2. The summed E-state index contributed by atoms with van der Waals surface area (Å²) in [5, 5.41) is 2.33. The summed E-state index contributed by atoms with van der Waals surface area (Å²) in [5.41, 5.74) is 0.514. The number of aryl methyl sites for hydroxylation is 1. The maximum Gasteiger partial charge on any atom is 0.329 e. The van der Waals surface area contributed by atoms with Crippen LogP contribution in [-0.4, -0.2) is 45.6 Å². The molecule has 0 saturated carbocycles. The Morgan fingerprint density at radius 2 is 1.96 bits per heavy atom. The van der Waals surface area contributed by atoms with Gasteiger partial charge in [0.1, 0.15) is 6.04 Å². The van der Waals surface area contributed by atoms with E-state index < -0.39 is 28.1 Å². The molecule has 0 aliphatic rings. The Balaban J connectivity index is 2.81. The Kier molecular flexibility index (Phi) is 7.37. The van der Waals surface area contributed by atoms with Crippen molar-refractivity contribution in [2.45, 2.75) is 24.3 Å². The van der Waals surface area contributed by atoms with Crippen molar-refractivity contribution in [3.8, 4) is 0 Å². The van der Waals surface area contributed by atoms with E-state index in [2.05, 4.69) is 10.1 Å². The van der Waals surface area contributed by atoms with E-state index in [1.165, 1.54) is 24.9 Å². The molecule has 0 aliphatic heterocycles. The number of methoxy groups -OCH3 is 1. The second-order valence-corrected chi connectivity index (χ2v) is 7.34. The van der Waals surface area contributed by atoms with E-state index in [9.17, 15) is 18.0 Å². The van der Waals surface area contributed by atoms with Crippen LogP contribution >= 0.6 is 11.8 Å². The number of benzene rings is 1. The summed E-state index contributed by atoms with van der Waals surface area (Å²) >= 11 is 1.50. The molecule has 7 nitrogen and oxygen atoms in total. The van der Waals surface area contributed by atoms with Gasteiger partial charge >= 0.3 is 12.0 Å². The quantitative estimate of drug-likeness (QED) is 0.710. The van der Waals surface area contributed by atoms with Crippen molar-refractivity contribution in [1.82, 2.24) is 10.0 Å². The van der Waals surface area contributed by atoms with Gasteiger partial charge in [0.05, 0.1) is 12.0 Å². The highest BCUT2D eigenvalue weighted by Crippen LogP contribution is 2.13. The van der Waals surface area contributed by atoms with Crippen molar-refractivity contribution in [2.75, 3.05) is 19.1 Å². The molecule has 9 heteroatoms. The van der Waals surface area contributed by atoms with Gasteiger partial charge < -0.3 is 10.1 Å². The number of esters is 1. The van der Waals surface area contributed by atoms with Crippen molar-refractivity contribution in [3.05, 3.63) is 29.8 Å². The van der Waals surface area contributed by atoms with Gasteiger partial charge in [0.15, 0.2) is 0 Å². The van der Waals surface area contributed by atoms with Crippen LogP contribution in [0.2, 0.25) is 0 Å². The first kappa shape index (κ1) is 19.3. The predicted octanol–water partition coefficient (Wildman–Crippen LogP) is 1.28. The largest absolute Gasteiger partial charge is 0.467 e. The molecule has 0 heterocycles. The van der Waals surface area contributed by atoms with E-state index in [-0.39, 0.29) is 4.90 Å². The first-order valence-electron chi connectivity index (χ1n) is 6.77. The van der Waals surface area contributed by atoms with Gasteiger partial charge in [0.25, 0.3) is 10.0 Å². The number of hydrogen-bond donors (Lipinski definition) is 2. The lowest BCUT2D eigenvalue weighted by atomic mass is 10.2. The Hall–Kier alpha value is -1.74. The zero-order chi connectivity index (χ0) is 17.5. The molecule has 0 aliphatic carbocycles. The van der Waals surface area contributed by atoms with Gasteiger partial charge in [0, 0.05) is 0 Å². The van der Waals surface area contributed by atoms with Gasteiger partial charge in [0.2, 0.25) is 0 Å². The Bertz CT molecular complexity index is 661. The van der Waals surface area contributed by atoms with Gasteiger partial charge in [-0.3, -0.25) is 0 Å². The molecule has 1 atom stereocenters. The molecule has 23 heavy (non-hydrogen) atoms. The van der Waals surface area contributed by atoms with E-state index in [0.717, 1.165) is 0 Å². The van der Waals surface area contributed by atoms with Crippen LogP contribution in [0, 0.1) is 6.92 Å². The smallest absolute Gasteiger partial charge is 0.329 e. The Morgan fingerprint density at radius 3 is 2.52 bits per heavy atom. The van der Waals surface area contributed by atoms with Crippen LogP contribution < -0.4 is 10.0 Å². The summed E-state index contributed by atoms with van der Waals surface area (Å²) in [6.45, 7) is 1.63. The van der Waals surface area contributed by atoms with Crippen molar-refractivity contribution in [3.63, 3.8) is 0 Å². The molecule has 2 amide bonds. The minimum Gasteiger partial charge on any atom is -0.467 e. The molecule has 1 aromatic rings. The second-order valence-electron chi connectivity index (χ2n) is 4.70. The predicted molar refractivity (Wildman–Crippen MR) is 88.8 cm³/mol. The maximum absolute atomic E-state index is 12.2. The molecule has 1 rings (SSSR count). The van der Waals surface area contributed by atoms with Crippen LogP contribution in [0.4, 0.5) is 4.79 Å². The molecule has 1 unspecified atom stereocenters. The summed E-state index contributed by atoms with van der Waals surface area (Å²) < 4.78 is 30.9. The minimum absolute atomic E-state index is 0.00822. The number of ether oxygens (including phenoxy) is 1. The van der Waals surface area contributed by atoms with Crippen molar-refractivity contribution in [1.29, 1.82) is 0 Å². The molecule has 0 fully saturated rings. The Morgan fingerprint density at radius 1 is 1.30 bits per heavy atom. The summed E-state index contributed by atoms with van der Waals surface area (Å²) in [4.78, 5) is 23.5. The molecule has 1 aromatic carbocycles. The van der Waals surface area contributed by atoms with Crippen molar-refractivity contribution >= 4 is 33.8 Å². The van der Waals surface area contributed by atoms with E-state index in [4.69, 9.17) is 0 Å². The SMILES string of the molecule is COC(=O)C(CCSC)NC(=O)NS(=O)(=O)c1ccccc1C. The van der Waals surface area contributed by atoms with Gasteiger partial charge in [-0.2, -0.15) is 11.8 Å². The average molecular weight is 360 g/mol. The van der Waals surface area contributed by atoms with E-state index in [1.54, 1.807) is 25.1 Å². The fraction of sp³-hybridized carbons (Fsp3) is 0.429. The molecule has 0 bridgehead atoms. The zero-order valence-electron chi connectivity index (χ0n) is 13.2. The topological polar surface area (TPSA) is 102 Å². The van der Waals surface area contributed by atoms with Crippen molar-refractivity contribution in [2.24, 2.45) is 0 Å². The van der Waals surface area contributed by atoms with Crippen LogP contribution in [-0.2, 0) is 19.6 Å². The Labute approximate surface area is 140 Å². The highest BCUT2D eigenvalue weighted by atomic mass is 32.2. The first-order valence-corrected chi connectivity index (χ1v) is 9.65. The van der Waals surface area contributed by atoms with Crippen LogP contribution in [0.3, 0.4) is 0 Å².